The number of benzene rings is 3. The Labute approximate surface area is 207 Å². The zero-order valence-electron chi connectivity index (χ0n) is 19.5. The van der Waals surface area contributed by atoms with Crippen molar-refractivity contribution in [1.29, 1.82) is 0 Å². The molecule has 0 saturated heterocycles. The number of nitrogens with one attached hydrogen (secondary N) is 1. The summed E-state index contributed by atoms with van der Waals surface area (Å²) < 4.78 is 13.5. The summed E-state index contributed by atoms with van der Waals surface area (Å²) in [6.07, 6.45) is -0.366. The van der Waals surface area contributed by atoms with Crippen molar-refractivity contribution in [2.75, 3.05) is 17.7 Å². The second-order valence-electron chi connectivity index (χ2n) is 8.46. The Balaban J connectivity index is 1.38. The SMILES string of the molecule is Cc1ccc(NC(=O)CSc2nc3ccccc3c(=O)n2CC2COc3ccccc3O2)cc1C. The van der Waals surface area contributed by atoms with Gasteiger partial charge >= 0.3 is 0 Å². The van der Waals surface area contributed by atoms with Gasteiger partial charge in [-0.05, 0) is 61.4 Å². The van der Waals surface area contributed by atoms with Crippen molar-refractivity contribution in [1.82, 2.24) is 9.55 Å². The summed E-state index contributed by atoms with van der Waals surface area (Å²) >= 11 is 1.23. The van der Waals surface area contributed by atoms with Crippen LogP contribution in [0, 0.1) is 13.8 Å². The van der Waals surface area contributed by atoms with Gasteiger partial charge in [0, 0.05) is 5.69 Å². The predicted octanol–water partition coefficient (Wildman–Crippen LogP) is 4.58. The van der Waals surface area contributed by atoms with Gasteiger partial charge in [-0.1, -0.05) is 42.1 Å². The number of rotatable bonds is 6. The first-order valence-electron chi connectivity index (χ1n) is 11.4. The standard InChI is InChI=1S/C27H25N3O4S/c1-17-11-12-19(13-18(17)2)28-25(31)16-35-27-29-22-8-4-3-7-21(22)26(32)30(27)14-20-15-33-23-9-5-6-10-24(23)34-20/h3-13,20H,14-16H2,1-2H3,(H,28,31). The molecule has 5 rings (SSSR count). The third-order valence-electron chi connectivity index (χ3n) is 5.90. The molecule has 0 fully saturated rings. The van der Waals surface area contributed by atoms with E-state index in [4.69, 9.17) is 14.5 Å². The fraction of sp³-hybridized carbons (Fsp3) is 0.222. The molecule has 1 amide bonds. The molecule has 1 aromatic heterocycles. The largest absolute Gasteiger partial charge is 0.486 e. The molecule has 2 heterocycles. The maximum Gasteiger partial charge on any atom is 0.262 e. The van der Waals surface area contributed by atoms with Gasteiger partial charge in [0.15, 0.2) is 22.8 Å². The first-order valence-corrected chi connectivity index (χ1v) is 12.3. The molecule has 0 aliphatic carbocycles. The Bertz CT molecular complexity index is 1470. The van der Waals surface area contributed by atoms with E-state index >= 15 is 0 Å². The summed E-state index contributed by atoms with van der Waals surface area (Å²) in [4.78, 5) is 30.8. The maximum absolute atomic E-state index is 13.4. The van der Waals surface area contributed by atoms with Gasteiger partial charge in [-0.15, -0.1) is 0 Å². The number of aryl methyl sites for hydroxylation is 2. The van der Waals surface area contributed by atoms with E-state index in [1.54, 1.807) is 16.7 Å². The molecule has 1 aliphatic rings. The Kier molecular flexibility index (Phi) is 6.46. The average molecular weight is 488 g/mol. The van der Waals surface area contributed by atoms with Gasteiger partial charge in [-0.3, -0.25) is 14.2 Å². The van der Waals surface area contributed by atoms with Crippen molar-refractivity contribution in [3.8, 4) is 11.5 Å². The number of aromatic nitrogens is 2. The van der Waals surface area contributed by atoms with Gasteiger partial charge in [-0.2, -0.15) is 0 Å². The van der Waals surface area contributed by atoms with Crippen molar-refractivity contribution in [3.63, 3.8) is 0 Å². The summed E-state index contributed by atoms with van der Waals surface area (Å²) in [5.74, 6) is 1.28. The van der Waals surface area contributed by atoms with Gasteiger partial charge in [0.1, 0.15) is 6.61 Å². The van der Waals surface area contributed by atoms with Crippen molar-refractivity contribution in [3.05, 3.63) is 88.2 Å². The number of carbonyl (C=O) groups is 1. The van der Waals surface area contributed by atoms with E-state index in [1.807, 2.05) is 68.4 Å². The van der Waals surface area contributed by atoms with Crippen LogP contribution in [0.4, 0.5) is 5.69 Å². The van der Waals surface area contributed by atoms with Crippen LogP contribution in [0.5, 0.6) is 11.5 Å². The van der Waals surface area contributed by atoms with Crippen LogP contribution < -0.4 is 20.3 Å². The number of thioether (sulfide) groups is 1. The highest BCUT2D eigenvalue weighted by Gasteiger charge is 2.24. The topological polar surface area (TPSA) is 82.5 Å². The molecule has 4 aromatic rings. The quantitative estimate of drug-likeness (QED) is 0.317. The molecule has 0 radical (unpaired) electrons. The predicted molar refractivity (Wildman–Crippen MR) is 138 cm³/mol. The van der Waals surface area contributed by atoms with Gasteiger partial charge in [-0.25, -0.2) is 4.98 Å². The fourth-order valence-corrected chi connectivity index (χ4v) is 4.73. The lowest BCUT2D eigenvalue weighted by atomic mass is 10.1. The minimum Gasteiger partial charge on any atom is -0.486 e. The van der Waals surface area contributed by atoms with E-state index in [0.29, 0.717) is 34.2 Å². The van der Waals surface area contributed by atoms with Crippen LogP contribution in [0.3, 0.4) is 0 Å². The summed E-state index contributed by atoms with van der Waals surface area (Å²) in [5, 5.41) is 3.91. The highest BCUT2D eigenvalue weighted by atomic mass is 32.2. The second-order valence-corrected chi connectivity index (χ2v) is 9.40. The summed E-state index contributed by atoms with van der Waals surface area (Å²) in [6.45, 7) is 4.60. The first-order chi connectivity index (χ1) is 17.0. The molecule has 178 valence electrons. The Morgan fingerprint density at radius 3 is 2.66 bits per heavy atom. The molecule has 1 N–H and O–H groups in total. The number of nitrogens with zero attached hydrogens (tertiary/aromatic N) is 2. The minimum absolute atomic E-state index is 0.114. The Morgan fingerprint density at radius 1 is 1.06 bits per heavy atom. The molecule has 1 atom stereocenters. The van der Waals surface area contributed by atoms with Crippen LogP contribution in [0.25, 0.3) is 10.9 Å². The van der Waals surface area contributed by atoms with Crippen molar-refractivity contribution in [2.45, 2.75) is 31.7 Å². The van der Waals surface area contributed by atoms with Crippen LogP contribution >= 0.6 is 11.8 Å². The number of amides is 1. The first kappa shape index (κ1) is 23.0. The van der Waals surface area contributed by atoms with Crippen LogP contribution in [-0.2, 0) is 11.3 Å². The zero-order valence-corrected chi connectivity index (χ0v) is 20.3. The van der Waals surface area contributed by atoms with Gasteiger partial charge in [0.25, 0.3) is 5.56 Å². The number of hydrogen-bond acceptors (Lipinski definition) is 6. The van der Waals surface area contributed by atoms with E-state index in [2.05, 4.69) is 5.32 Å². The van der Waals surface area contributed by atoms with E-state index in [9.17, 15) is 9.59 Å². The smallest absolute Gasteiger partial charge is 0.262 e. The number of para-hydroxylation sites is 3. The Morgan fingerprint density at radius 2 is 1.83 bits per heavy atom. The zero-order chi connectivity index (χ0) is 24.4. The van der Waals surface area contributed by atoms with Crippen molar-refractivity contribution in [2.24, 2.45) is 0 Å². The lowest BCUT2D eigenvalue weighted by Crippen LogP contribution is -2.37. The molecular formula is C27H25N3O4S. The van der Waals surface area contributed by atoms with Gasteiger partial charge in [0.05, 0.1) is 23.2 Å². The van der Waals surface area contributed by atoms with Crippen LogP contribution in [0.1, 0.15) is 11.1 Å². The molecule has 0 spiro atoms. The molecule has 1 aliphatic heterocycles. The maximum atomic E-state index is 13.4. The molecule has 1 unspecified atom stereocenters. The molecule has 7 nitrogen and oxygen atoms in total. The fourth-order valence-electron chi connectivity index (χ4n) is 3.92. The van der Waals surface area contributed by atoms with Gasteiger partial charge in [0.2, 0.25) is 5.91 Å². The molecular weight excluding hydrogens is 462 g/mol. The lowest BCUT2D eigenvalue weighted by molar-refractivity contribution is -0.113. The van der Waals surface area contributed by atoms with E-state index < -0.39 is 0 Å². The molecule has 0 saturated carbocycles. The highest BCUT2D eigenvalue weighted by molar-refractivity contribution is 7.99. The summed E-state index contributed by atoms with van der Waals surface area (Å²) in [7, 11) is 0. The van der Waals surface area contributed by atoms with Crippen molar-refractivity contribution < 1.29 is 14.3 Å². The normalized spacial score (nSPS) is 14.6. The number of carbonyl (C=O) groups excluding carboxylic acids is 1. The van der Waals surface area contributed by atoms with Crippen LogP contribution in [0.2, 0.25) is 0 Å². The number of hydrogen-bond donors (Lipinski definition) is 1. The molecule has 8 heteroatoms. The number of fused-ring (bicyclic) bond motifs is 2. The molecule has 35 heavy (non-hydrogen) atoms. The minimum atomic E-state index is -0.366. The van der Waals surface area contributed by atoms with Gasteiger partial charge < -0.3 is 14.8 Å². The lowest BCUT2D eigenvalue weighted by Gasteiger charge is -2.27. The third-order valence-corrected chi connectivity index (χ3v) is 6.88. The van der Waals surface area contributed by atoms with E-state index in [0.717, 1.165) is 11.3 Å². The Hall–Kier alpha value is -3.78. The molecule has 3 aromatic carbocycles. The van der Waals surface area contributed by atoms with E-state index in [-0.39, 0.29) is 29.9 Å². The third kappa shape index (κ3) is 5.02. The average Bonchev–Trinajstić information content (AvgIpc) is 2.87. The number of ether oxygens (including phenoxy) is 2. The monoisotopic (exact) mass is 487 g/mol. The summed E-state index contributed by atoms with van der Waals surface area (Å²) in [5.41, 5.74) is 3.44. The van der Waals surface area contributed by atoms with Crippen LogP contribution in [0.15, 0.2) is 76.7 Å². The van der Waals surface area contributed by atoms with Crippen LogP contribution in [-0.4, -0.2) is 33.9 Å². The molecule has 0 bridgehead atoms. The van der Waals surface area contributed by atoms with Crippen molar-refractivity contribution >= 4 is 34.3 Å². The highest BCUT2D eigenvalue weighted by Crippen LogP contribution is 2.31. The van der Waals surface area contributed by atoms with E-state index in [1.165, 1.54) is 17.3 Å². The summed E-state index contributed by atoms with van der Waals surface area (Å²) in [6, 6.07) is 20.5. The second kappa shape index (κ2) is 9.84. The number of anilines is 1.